The Hall–Kier alpha value is -3.96. The topological polar surface area (TPSA) is 101 Å². The van der Waals surface area contributed by atoms with Gasteiger partial charge < -0.3 is 16.0 Å². The molecule has 0 bridgehead atoms. The number of urea groups is 1. The molecule has 1 aromatic heterocycles. The third-order valence-electron chi connectivity index (χ3n) is 3.92. The summed E-state index contributed by atoms with van der Waals surface area (Å²) in [6.45, 7) is 2.12. The number of nitrogens with one attached hydrogen (secondary N) is 3. The molecule has 1 heterocycles. The Labute approximate surface area is 173 Å². The standard InChI is InChI=1S/C19H16F4N6O2/c1-2-24-18(31)26-13-7-4-6-12(10-13)25-17(30)15-16(19(21,22)23)29(28-27-15)14-8-3-5-11(20)9-14/h3-10H,2H2,1H3,(H,25,30)(H2,24,26,31). The minimum absolute atomic E-state index is 0.118. The molecule has 0 saturated heterocycles. The van der Waals surface area contributed by atoms with Crippen LogP contribution in [0, 0.1) is 5.82 Å². The first-order valence-electron chi connectivity index (χ1n) is 8.94. The summed E-state index contributed by atoms with van der Waals surface area (Å²) in [6, 6.07) is 9.62. The van der Waals surface area contributed by atoms with Crippen LogP contribution in [0.1, 0.15) is 23.1 Å². The maximum Gasteiger partial charge on any atom is 0.435 e. The summed E-state index contributed by atoms with van der Waals surface area (Å²) in [5.74, 6) is -1.95. The Bertz CT molecular complexity index is 1110. The average molecular weight is 436 g/mol. The molecule has 2 aromatic carbocycles. The van der Waals surface area contributed by atoms with E-state index >= 15 is 0 Å². The lowest BCUT2D eigenvalue weighted by atomic mass is 10.2. The van der Waals surface area contributed by atoms with Gasteiger partial charge in [-0.3, -0.25) is 4.79 Å². The molecule has 0 saturated carbocycles. The van der Waals surface area contributed by atoms with E-state index in [1.54, 1.807) is 6.92 Å². The van der Waals surface area contributed by atoms with Gasteiger partial charge >= 0.3 is 12.2 Å². The van der Waals surface area contributed by atoms with Crippen molar-refractivity contribution < 1.29 is 27.2 Å². The molecule has 0 spiro atoms. The third kappa shape index (κ3) is 5.15. The number of hydrogen-bond donors (Lipinski definition) is 3. The molecule has 0 unspecified atom stereocenters. The van der Waals surface area contributed by atoms with Gasteiger partial charge in [0.2, 0.25) is 0 Å². The number of alkyl halides is 3. The van der Waals surface area contributed by atoms with Crippen LogP contribution in [0.25, 0.3) is 5.69 Å². The van der Waals surface area contributed by atoms with Gasteiger partial charge in [-0.1, -0.05) is 17.3 Å². The van der Waals surface area contributed by atoms with Gasteiger partial charge in [0.25, 0.3) is 5.91 Å². The molecule has 12 heteroatoms. The van der Waals surface area contributed by atoms with E-state index in [1.807, 2.05) is 0 Å². The van der Waals surface area contributed by atoms with Gasteiger partial charge in [0.1, 0.15) is 5.82 Å². The lowest BCUT2D eigenvalue weighted by Gasteiger charge is -2.12. The number of nitrogens with zero attached hydrogens (tertiary/aromatic N) is 3. The van der Waals surface area contributed by atoms with E-state index < -0.39 is 35.3 Å². The van der Waals surface area contributed by atoms with E-state index in [0.29, 0.717) is 16.9 Å². The Morgan fingerprint density at radius 1 is 1.03 bits per heavy atom. The number of rotatable bonds is 5. The molecule has 3 rings (SSSR count). The van der Waals surface area contributed by atoms with Crippen LogP contribution < -0.4 is 16.0 Å². The quantitative estimate of drug-likeness (QED) is 0.530. The smallest absolute Gasteiger partial charge is 0.338 e. The van der Waals surface area contributed by atoms with Gasteiger partial charge in [0.05, 0.1) is 5.69 Å². The van der Waals surface area contributed by atoms with Crippen molar-refractivity contribution in [2.24, 2.45) is 0 Å². The van der Waals surface area contributed by atoms with Crippen LogP contribution in [0.15, 0.2) is 48.5 Å². The van der Waals surface area contributed by atoms with Crippen LogP contribution in [0.2, 0.25) is 0 Å². The molecule has 31 heavy (non-hydrogen) atoms. The van der Waals surface area contributed by atoms with Crippen molar-refractivity contribution in [3.8, 4) is 5.69 Å². The van der Waals surface area contributed by atoms with E-state index in [4.69, 9.17) is 0 Å². The zero-order valence-electron chi connectivity index (χ0n) is 16.0. The summed E-state index contributed by atoms with van der Waals surface area (Å²) >= 11 is 0. The van der Waals surface area contributed by atoms with Gasteiger partial charge in [-0.05, 0) is 43.3 Å². The highest BCUT2D eigenvalue weighted by Gasteiger charge is 2.42. The largest absolute Gasteiger partial charge is 0.435 e. The highest BCUT2D eigenvalue weighted by Crippen LogP contribution is 2.33. The van der Waals surface area contributed by atoms with E-state index in [1.165, 1.54) is 36.4 Å². The summed E-state index contributed by atoms with van der Waals surface area (Å²) in [5, 5.41) is 14.1. The van der Waals surface area contributed by atoms with Crippen LogP contribution >= 0.6 is 0 Å². The Morgan fingerprint density at radius 2 is 1.71 bits per heavy atom. The minimum Gasteiger partial charge on any atom is -0.338 e. The summed E-state index contributed by atoms with van der Waals surface area (Å²) in [5.41, 5.74) is -2.26. The molecule has 3 aromatic rings. The fourth-order valence-electron chi connectivity index (χ4n) is 2.68. The first-order valence-corrected chi connectivity index (χ1v) is 8.94. The fraction of sp³-hybridized carbons (Fsp3) is 0.158. The third-order valence-corrected chi connectivity index (χ3v) is 3.92. The fourth-order valence-corrected chi connectivity index (χ4v) is 2.68. The molecular weight excluding hydrogens is 420 g/mol. The second-order valence-corrected chi connectivity index (χ2v) is 6.20. The normalized spacial score (nSPS) is 11.1. The molecule has 3 amide bonds. The minimum atomic E-state index is -5.00. The monoisotopic (exact) mass is 436 g/mol. The first kappa shape index (κ1) is 21.7. The zero-order valence-corrected chi connectivity index (χ0v) is 16.0. The van der Waals surface area contributed by atoms with Crippen LogP contribution in [0.3, 0.4) is 0 Å². The average Bonchev–Trinajstić information content (AvgIpc) is 3.14. The lowest BCUT2D eigenvalue weighted by molar-refractivity contribution is -0.143. The number of halogens is 4. The van der Waals surface area contributed by atoms with Crippen molar-refractivity contribution in [1.82, 2.24) is 20.3 Å². The molecule has 0 aliphatic carbocycles. The van der Waals surface area contributed by atoms with Crippen molar-refractivity contribution in [3.63, 3.8) is 0 Å². The molecular formula is C19H16F4N6O2. The van der Waals surface area contributed by atoms with Gasteiger partial charge in [-0.2, -0.15) is 13.2 Å². The molecule has 0 radical (unpaired) electrons. The summed E-state index contributed by atoms with van der Waals surface area (Å²) in [7, 11) is 0. The van der Waals surface area contributed by atoms with E-state index in [-0.39, 0.29) is 11.4 Å². The molecule has 0 aliphatic rings. The van der Waals surface area contributed by atoms with Crippen LogP contribution in [0.4, 0.5) is 33.7 Å². The predicted octanol–water partition coefficient (Wildman–Crippen LogP) is 3.82. The SMILES string of the molecule is CCNC(=O)Nc1cccc(NC(=O)c2nnn(-c3cccc(F)c3)c2C(F)(F)F)c1. The van der Waals surface area contributed by atoms with Gasteiger partial charge in [-0.15, -0.1) is 5.10 Å². The van der Waals surface area contributed by atoms with Crippen molar-refractivity contribution in [1.29, 1.82) is 0 Å². The molecule has 8 nitrogen and oxygen atoms in total. The summed E-state index contributed by atoms with van der Waals surface area (Å²) < 4.78 is 54.8. The lowest BCUT2D eigenvalue weighted by Crippen LogP contribution is -2.28. The molecule has 0 atom stereocenters. The molecule has 0 fully saturated rings. The number of amides is 3. The van der Waals surface area contributed by atoms with Gasteiger partial charge in [-0.25, -0.2) is 13.9 Å². The maximum atomic E-state index is 13.7. The number of aromatic nitrogens is 3. The van der Waals surface area contributed by atoms with Gasteiger partial charge in [0.15, 0.2) is 11.4 Å². The second-order valence-electron chi connectivity index (χ2n) is 6.20. The summed E-state index contributed by atoms with van der Waals surface area (Å²) in [4.78, 5) is 24.1. The highest BCUT2D eigenvalue weighted by molar-refractivity contribution is 6.04. The Balaban J connectivity index is 1.90. The predicted molar refractivity (Wildman–Crippen MR) is 103 cm³/mol. The number of anilines is 2. The molecule has 162 valence electrons. The Morgan fingerprint density at radius 3 is 2.35 bits per heavy atom. The molecule has 3 N–H and O–H groups in total. The number of carbonyl (C=O) groups excluding carboxylic acids is 2. The van der Waals surface area contributed by atoms with E-state index in [0.717, 1.165) is 12.1 Å². The van der Waals surface area contributed by atoms with Crippen molar-refractivity contribution >= 4 is 23.3 Å². The first-order chi connectivity index (χ1) is 14.7. The van der Waals surface area contributed by atoms with E-state index in [9.17, 15) is 27.2 Å². The van der Waals surface area contributed by atoms with Crippen LogP contribution in [-0.2, 0) is 6.18 Å². The van der Waals surface area contributed by atoms with Crippen molar-refractivity contribution in [2.75, 3.05) is 17.2 Å². The maximum absolute atomic E-state index is 13.7. The van der Waals surface area contributed by atoms with Crippen LogP contribution in [-0.4, -0.2) is 33.5 Å². The second kappa shape index (κ2) is 8.81. The van der Waals surface area contributed by atoms with Gasteiger partial charge in [0, 0.05) is 17.9 Å². The number of carbonyl (C=O) groups is 2. The Kier molecular flexibility index (Phi) is 6.18. The highest BCUT2D eigenvalue weighted by atomic mass is 19.4. The molecule has 0 aliphatic heterocycles. The number of hydrogen-bond acceptors (Lipinski definition) is 4. The van der Waals surface area contributed by atoms with Crippen molar-refractivity contribution in [2.45, 2.75) is 13.1 Å². The van der Waals surface area contributed by atoms with Crippen LogP contribution in [0.5, 0.6) is 0 Å². The van der Waals surface area contributed by atoms with Crippen molar-refractivity contribution in [3.05, 3.63) is 65.7 Å². The number of benzene rings is 2. The van der Waals surface area contributed by atoms with E-state index in [2.05, 4.69) is 26.3 Å². The zero-order chi connectivity index (χ0) is 22.6. The summed E-state index contributed by atoms with van der Waals surface area (Å²) in [6.07, 6.45) is -5.00.